The molecule has 0 bridgehead atoms. The largest absolute Gasteiger partial charge is 0.478 e. The van der Waals surface area contributed by atoms with Gasteiger partial charge in [0.2, 0.25) is 0 Å². The number of nitrogens with zero attached hydrogens (tertiary/aromatic N) is 1. The molecular weight excluding hydrogens is 285 g/mol. The summed E-state index contributed by atoms with van der Waals surface area (Å²) in [4.78, 5) is 21.5. The highest BCUT2D eigenvalue weighted by atomic mass is 32.2. The normalized spacial score (nSPS) is 10.2. The molecule has 0 atom stereocenters. The van der Waals surface area contributed by atoms with Crippen molar-refractivity contribution in [2.24, 2.45) is 0 Å². The van der Waals surface area contributed by atoms with Gasteiger partial charge in [-0.3, -0.25) is 10.1 Å². The molecule has 0 aromatic heterocycles. The van der Waals surface area contributed by atoms with Gasteiger partial charge in [0, 0.05) is 21.9 Å². The number of non-ortho nitro benzene ring substituents is 1. The molecule has 0 fully saturated rings. The van der Waals surface area contributed by atoms with Crippen LogP contribution in [0.25, 0.3) is 0 Å². The minimum atomic E-state index is -1.16. The molecule has 7 heteroatoms. The molecule has 0 radical (unpaired) electrons. The van der Waals surface area contributed by atoms with E-state index in [-0.39, 0.29) is 16.1 Å². The van der Waals surface area contributed by atoms with E-state index in [4.69, 9.17) is 5.11 Å². The third-order valence-electron chi connectivity index (χ3n) is 2.43. The number of benzene rings is 2. The van der Waals surface area contributed by atoms with E-state index in [1.54, 1.807) is 6.07 Å². The Bertz CT molecular complexity index is 690. The van der Waals surface area contributed by atoms with Crippen LogP contribution in [0.15, 0.2) is 52.3 Å². The number of hydrogen-bond donors (Lipinski definition) is 1. The third kappa shape index (κ3) is 3.12. The zero-order chi connectivity index (χ0) is 14.7. The molecular formula is C13H8FNO4S. The number of aromatic carboxylic acids is 1. The van der Waals surface area contributed by atoms with Crippen LogP contribution in [0.1, 0.15) is 10.4 Å². The predicted molar refractivity (Wildman–Crippen MR) is 70.6 cm³/mol. The Kier molecular flexibility index (Phi) is 3.99. The van der Waals surface area contributed by atoms with Crippen molar-refractivity contribution in [3.05, 3.63) is 64.0 Å². The van der Waals surface area contributed by atoms with Gasteiger partial charge in [-0.05, 0) is 24.3 Å². The zero-order valence-electron chi connectivity index (χ0n) is 9.95. The first kappa shape index (κ1) is 14.0. The monoisotopic (exact) mass is 293 g/mol. The number of nitro benzene ring substituents is 1. The van der Waals surface area contributed by atoms with Crippen molar-refractivity contribution in [1.82, 2.24) is 0 Å². The minimum absolute atomic E-state index is 0.0423. The Balaban J connectivity index is 2.34. The molecule has 0 heterocycles. The first-order valence-corrected chi connectivity index (χ1v) is 6.24. The molecule has 0 unspecified atom stereocenters. The number of carboxylic acid groups (broad SMARTS) is 1. The zero-order valence-corrected chi connectivity index (χ0v) is 10.8. The summed E-state index contributed by atoms with van der Waals surface area (Å²) in [5.41, 5.74) is -0.149. The van der Waals surface area contributed by atoms with Crippen LogP contribution in [-0.4, -0.2) is 16.0 Å². The third-order valence-corrected chi connectivity index (χ3v) is 3.46. The number of halogens is 1. The molecule has 2 aromatic rings. The molecule has 1 N–H and O–H groups in total. The van der Waals surface area contributed by atoms with Gasteiger partial charge in [0.05, 0.1) is 10.5 Å². The summed E-state index contributed by atoms with van der Waals surface area (Å²) >= 11 is 0.935. The number of nitro groups is 1. The van der Waals surface area contributed by atoms with Crippen LogP contribution in [0.4, 0.5) is 10.1 Å². The Morgan fingerprint density at radius 2 is 2.00 bits per heavy atom. The summed E-state index contributed by atoms with van der Waals surface area (Å²) in [6.45, 7) is 0. The van der Waals surface area contributed by atoms with Gasteiger partial charge in [-0.15, -0.1) is 0 Å². The first-order chi connectivity index (χ1) is 9.47. The predicted octanol–water partition coefficient (Wildman–Crippen LogP) is 3.58. The van der Waals surface area contributed by atoms with Crippen LogP contribution in [0.5, 0.6) is 0 Å². The second-order valence-electron chi connectivity index (χ2n) is 3.81. The second-order valence-corrected chi connectivity index (χ2v) is 4.92. The molecule has 20 heavy (non-hydrogen) atoms. The van der Waals surface area contributed by atoms with Gasteiger partial charge in [0.15, 0.2) is 0 Å². The van der Waals surface area contributed by atoms with Gasteiger partial charge < -0.3 is 5.11 Å². The van der Waals surface area contributed by atoms with Crippen LogP contribution < -0.4 is 0 Å². The van der Waals surface area contributed by atoms with E-state index in [2.05, 4.69) is 0 Å². The average Bonchev–Trinajstić information content (AvgIpc) is 2.41. The number of carbonyl (C=O) groups is 1. The van der Waals surface area contributed by atoms with Gasteiger partial charge in [0.1, 0.15) is 5.82 Å². The van der Waals surface area contributed by atoms with Crippen molar-refractivity contribution in [1.29, 1.82) is 0 Å². The maximum atomic E-state index is 13.6. The highest BCUT2D eigenvalue weighted by Crippen LogP contribution is 2.32. The highest BCUT2D eigenvalue weighted by Gasteiger charge is 2.12. The maximum absolute atomic E-state index is 13.6. The molecule has 0 aliphatic carbocycles. The van der Waals surface area contributed by atoms with Crippen molar-refractivity contribution in [2.75, 3.05) is 0 Å². The van der Waals surface area contributed by atoms with Crippen molar-refractivity contribution in [3.63, 3.8) is 0 Å². The first-order valence-electron chi connectivity index (χ1n) is 5.42. The summed E-state index contributed by atoms with van der Waals surface area (Å²) in [7, 11) is 0. The maximum Gasteiger partial charge on any atom is 0.335 e. The van der Waals surface area contributed by atoms with Crippen LogP contribution in [0.2, 0.25) is 0 Å². The lowest BCUT2D eigenvalue weighted by molar-refractivity contribution is -0.385. The standard InChI is InChI=1S/C13H8FNO4S/c14-11-5-4-8(13(16)17)6-12(11)20-10-3-1-2-9(7-10)15(18)19/h1-7H,(H,16,17). The van der Waals surface area contributed by atoms with Crippen molar-refractivity contribution >= 4 is 23.4 Å². The molecule has 5 nitrogen and oxygen atoms in total. The lowest BCUT2D eigenvalue weighted by Crippen LogP contribution is -1.97. The number of hydrogen-bond acceptors (Lipinski definition) is 4. The molecule has 0 saturated carbocycles. The summed E-state index contributed by atoms with van der Waals surface area (Å²) < 4.78 is 13.6. The fraction of sp³-hybridized carbons (Fsp3) is 0. The highest BCUT2D eigenvalue weighted by molar-refractivity contribution is 7.99. The van der Waals surface area contributed by atoms with Crippen LogP contribution in [0, 0.1) is 15.9 Å². The average molecular weight is 293 g/mol. The Labute approximate surface area is 117 Å². The number of rotatable bonds is 4. The summed E-state index contributed by atoms with van der Waals surface area (Å²) in [5.74, 6) is -1.74. The summed E-state index contributed by atoms with van der Waals surface area (Å²) in [6, 6.07) is 9.12. The lowest BCUT2D eigenvalue weighted by Gasteiger charge is -2.04. The van der Waals surface area contributed by atoms with Crippen LogP contribution in [0.3, 0.4) is 0 Å². The second kappa shape index (κ2) is 5.70. The van der Waals surface area contributed by atoms with E-state index in [9.17, 15) is 19.3 Å². The summed E-state index contributed by atoms with van der Waals surface area (Å²) in [6.07, 6.45) is 0. The molecule has 2 rings (SSSR count). The van der Waals surface area contributed by atoms with Gasteiger partial charge in [-0.2, -0.15) is 0 Å². The quantitative estimate of drug-likeness (QED) is 0.688. The molecule has 0 saturated heterocycles. The number of carboxylic acids is 1. The fourth-order valence-electron chi connectivity index (χ4n) is 1.50. The molecule has 0 amide bonds. The van der Waals surface area contributed by atoms with E-state index in [1.807, 2.05) is 0 Å². The van der Waals surface area contributed by atoms with Crippen molar-refractivity contribution < 1.29 is 19.2 Å². The van der Waals surface area contributed by atoms with Gasteiger partial charge in [0.25, 0.3) is 5.69 Å². The van der Waals surface area contributed by atoms with E-state index >= 15 is 0 Å². The molecule has 2 aromatic carbocycles. The van der Waals surface area contributed by atoms with Gasteiger partial charge >= 0.3 is 5.97 Å². The Hall–Kier alpha value is -2.41. The Morgan fingerprint density at radius 1 is 1.25 bits per heavy atom. The fourth-order valence-corrected chi connectivity index (χ4v) is 2.43. The summed E-state index contributed by atoms with van der Waals surface area (Å²) in [5, 5.41) is 19.5. The smallest absolute Gasteiger partial charge is 0.335 e. The SMILES string of the molecule is O=C(O)c1ccc(F)c(Sc2cccc([N+](=O)[O-])c2)c1. The van der Waals surface area contributed by atoms with Gasteiger partial charge in [-0.1, -0.05) is 17.8 Å². The van der Waals surface area contributed by atoms with E-state index in [1.165, 1.54) is 24.3 Å². The molecule has 0 aliphatic heterocycles. The van der Waals surface area contributed by atoms with Crippen molar-refractivity contribution in [2.45, 2.75) is 9.79 Å². The Morgan fingerprint density at radius 3 is 2.65 bits per heavy atom. The van der Waals surface area contributed by atoms with Gasteiger partial charge in [-0.25, -0.2) is 9.18 Å². The molecule has 0 spiro atoms. The topological polar surface area (TPSA) is 80.4 Å². The minimum Gasteiger partial charge on any atom is -0.478 e. The van der Waals surface area contributed by atoms with Crippen LogP contribution >= 0.6 is 11.8 Å². The van der Waals surface area contributed by atoms with E-state index < -0.39 is 16.7 Å². The van der Waals surface area contributed by atoms with E-state index in [0.29, 0.717) is 4.90 Å². The molecule has 0 aliphatic rings. The van der Waals surface area contributed by atoms with E-state index in [0.717, 1.165) is 23.9 Å². The van der Waals surface area contributed by atoms with Crippen molar-refractivity contribution in [3.8, 4) is 0 Å². The van der Waals surface area contributed by atoms with Crippen LogP contribution in [-0.2, 0) is 0 Å². The lowest BCUT2D eigenvalue weighted by atomic mass is 10.2. The molecule has 102 valence electrons.